The van der Waals surface area contributed by atoms with E-state index in [1.807, 2.05) is 60.7 Å². The summed E-state index contributed by atoms with van der Waals surface area (Å²) in [6.07, 6.45) is 7.78. The van der Waals surface area contributed by atoms with Crippen molar-refractivity contribution < 1.29 is 18.9 Å². The van der Waals surface area contributed by atoms with Gasteiger partial charge >= 0.3 is 0 Å². The van der Waals surface area contributed by atoms with Gasteiger partial charge < -0.3 is 18.9 Å². The summed E-state index contributed by atoms with van der Waals surface area (Å²) < 4.78 is 22.7. The molecule has 116 valence electrons. The molecule has 0 amide bonds. The fourth-order valence-corrected chi connectivity index (χ4v) is 2.72. The summed E-state index contributed by atoms with van der Waals surface area (Å²) in [5, 5.41) is 0. The molecular formula is C19H16O4. The van der Waals surface area contributed by atoms with Crippen LogP contribution in [0.15, 0.2) is 48.6 Å². The number of hydrogen-bond acceptors (Lipinski definition) is 4. The highest BCUT2D eigenvalue weighted by Crippen LogP contribution is 2.40. The number of fused-ring (bicyclic) bond motifs is 2. The fourth-order valence-electron chi connectivity index (χ4n) is 2.72. The van der Waals surface area contributed by atoms with E-state index in [0.29, 0.717) is 0 Å². The van der Waals surface area contributed by atoms with Gasteiger partial charge in [0.15, 0.2) is 0 Å². The van der Waals surface area contributed by atoms with Crippen LogP contribution < -0.4 is 18.9 Å². The van der Waals surface area contributed by atoms with Gasteiger partial charge in [-0.15, -0.1) is 0 Å². The van der Waals surface area contributed by atoms with E-state index in [2.05, 4.69) is 0 Å². The molecule has 0 aromatic heterocycles. The zero-order valence-electron chi connectivity index (χ0n) is 12.9. The van der Waals surface area contributed by atoms with Crippen molar-refractivity contribution in [1.29, 1.82) is 0 Å². The van der Waals surface area contributed by atoms with Crippen LogP contribution in [0.5, 0.6) is 23.0 Å². The van der Waals surface area contributed by atoms with Gasteiger partial charge in [0, 0.05) is 23.3 Å². The van der Waals surface area contributed by atoms with E-state index in [1.165, 1.54) is 0 Å². The molecule has 2 heterocycles. The monoisotopic (exact) mass is 308 g/mol. The Morgan fingerprint density at radius 3 is 1.65 bits per heavy atom. The molecule has 2 aromatic carbocycles. The topological polar surface area (TPSA) is 36.9 Å². The van der Waals surface area contributed by atoms with E-state index in [-0.39, 0.29) is 0 Å². The molecule has 1 spiro atoms. The van der Waals surface area contributed by atoms with Crippen molar-refractivity contribution in [3.8, 4) is 23.0 Å². The second-order valence-corrected chi connectivity index (χ2v) is 5.40. The summed E-state index contributed by atoms with van der Waals surface area (Å²) in [6, 6.07) is 11.4. The summed E-state index contributed by atoms with van der Waals surface area (Å²) in [4.78, 5) is 0. The lowest BCUT2D eigenvalue weighted by Gasteiger charge is -2.35. The highest BCUT2D eigenvalue weighted by Gasteiger charge is 2.35. The van der Waals surface area contributed by atoms with Gasteiger partial charge in [-0.1, -0.05) is 0 Å². The van der Waals surface area contributed by atoms with E-state index >= 15 is 0 Å². The van der Waals surface area contributed by atoms with Gasteiger partial charge in [-0.2, -0.15) is 0 Å². The van der Waals surface area contributed by atoms with Crippen molar-refractivity contribution in [2.24, 2.45) is 0 Å². The van der Waals surface area contributed by atoms with Crippen LogP contribution in [-0.4, -0.2) is 20.0 Å². The first-order valence-electron chi connectivity index (χ1n) is 7.34. The molecule has 0 unspecified atom stereocenters. The minimum atomic E-state index is -0.914. The second kappa shape index (κ2) is 5.09. The first kappa shape index (κ1) is 13.8. The Labute approximate surface area is 134 Å². The fraction of sp³-hybridized carbons (Fsp3) is 0.158. The van der Waals surface area contributed by atoms with E-state index in [9.17, 15) is 0 Å². The number of benzene rings is 2. The third kappa shape index (κ3) is 2.32. The highest BCUT2D eigenvalue weighted by atomic mass is 16.7. The van der Waals surface area contributed by atoms with E-state index in [1.54, 1.807) is 14.2 Å². The standard InChI is InChI=1S/C19H16O4/c1-20-15-3-5-17-13(11-15)7-9-19(22-17)10-8-14-12-16(21-2)4-6-18(14)23-19/h3-12H,1-2H3. The van der Waals surface area contributed by atoms with Gasteiger partial charge in [-0.3, -0.25) is 0 Å². The number of methoxy groups -OCH3 is 2. The Morgan fingerprint density at radius 1 is 0.739 bits per heavy atom. The Balaban J connectivity index is 1.68. The molecule has 2 aliphatic rings. The molecule has 23 heavy (non-hydrogen) atoms. The molecular weight excluding hydrogens is 292 g/mol. The molecule has 0 saturated carbocycles. The summed E-state index contributed by atoms with van der Waals surface area (Å²) >= 11 is 0. The predicted molar refractivity (Wildman–Crippen MR) is 88.0 cm³/mol. The number of hydrogen-bond donors (Lipinski definition) is 0. The average molecular weight is 308 g/mol. The summed E-state index contributed by atoms with van der Waals surface area (Å²) in [5.41, 5.74) is 1.93. The van der Waals surface area contributed by atoms with E-state index in [0.717, 1.165) is 34.1 Å². The van der Waals surface area contributed by atoms with Crippen LogP contribution in [0.2, 0.25) is 0 Å². The van der Waals surface area contributed by atoms with Gasteiger partial charge in [0.1, 0.15) is 23.0 Å². The van der Waals surface area contributed by atoms with E-state index < -0.39 is 5.79 Å². The van der Waals surface area contributed by atoms with Crippen LogP contribution in [0.25, 0.3) is 12.2 Å². The molecule has 0 fully saturated rings. The predicted octanol–water partition coefficient (Wildman–Crippen LogP) is 3.91. The molecule has 4 rings (SSSR count). The number of rotatable bonds is 2. The van der Waals surface area contributed by atoms with Crippen LogP contribution in [0, 0.1) is 0 Å². The van der Waals surface area contributed by atoms with Gasteiger partial charge in [-0.25, -0.2) is 0 Å². The molecule has 4 heteroatoms. The zero-order chi connectivity index (χ0) is 15.9. The van der Waals surface area contributed by atoms with Crippen molar-refractivity contribution in [3.63, 3.8) is 0 Å². The first-order chi connectivity index (χ1) is 11.2. The molecule has 0 atom stereocenters. The Kier molecular flexibility index (Phi) is 3.05. The smallest absolute Gasteiger partial charge is 0.291 e. The third-order valence-electron chi connectivity index (χ3n) is 3.96. The lowest BCUT2D eigenvalue weighted by molar-refractivity contribution is -0.0308. The lowest BCUT2D eigenvalue weighted by atomic mass is 10.0. The molecule has 0 radical (unpaired) electrons. The maximum atomic E-state index is 6.09. The van der Waals surface area contributed by atoms with Crippen LogP contribution in [0.3, 0.4) is 0 Å². The summed E-state index contributed by atoms with van der Waals surface area (Å²) in [7, 11) is 3.30. The lowest BCUT2D eigenvalue weighted by Crippen LogP contribution is -2.41. The molecule has 0 saturated heterocycles. The van der Waals surface area contributed by atoms with Gasteiger partial charge in [0.25, 0.3) is 5.79 Å². The van der Waals surface area contributed by atoms with Crippen LogP contribution >= 0.6 is 0 Å². The Morgan fingerprint density at radius 2 is 1.22 bits per heavy atom. The SMILES string of the molecule is COc1ccc2c(c1)C=CC1(C=Cc3cc(OC)ccc3O1)O2. The third-order valence-corrected chi connectivity index (χ3v) is 3.96. The van der Waals surface area contributed by atoms with Crippen LogP contribution in [0.4, 0.5) is 0 Å². The Hall–Kier alpha value is -2.88. The van der Waals surface area contributed by atoms with Crippen LogP contribution in [0.1, 0.15) is 11.1 Å². The van der Waals surface area contributed by atoms with Crippen molar-refractivity contribution in [2.75, 3.05) is 14.2 Å². The molecule has 0 N–H and O–H groups in total. The molecule has 0 aliphatic carbocycles. The van der Waals surface area contributed by atoms with Crippen molar-refractivity contribution in [1.82, 2.24) is 0 Å². The quantitative estimate of drug-likeness (QED) is 0.843. The minimum absolute atomic E-state index is 0.759. The minimum Gasteiger partial charge on any atom is -0.497 e. The maximum absolute atomic E-state index is 6.09. The first-order valence-corrected chi connectivity index (χ1v) is 7.34. The molecule has 0 bridgehead atoms. The Bertz CT molecular complexity index is 751. The molecule has 2 aromatic rings. The normalized spacial score (nSPS) is 16.1. The highest BCUT2D eigenvalue weighted by molar-refractivity contribution is 5.68. The van der Waals surface area contributed by atoms with Gasteiger partial charge in [-0.05, 0) is 48.6 Å². The van der Waals surface area contributed by atoms with Gasteiger partial charge in [0.05, 0.1) is 14.2 Å². The molecule has 2 aliphatic heterocycles. The van der Waals surface area contributed by atoms with Crippen molar-refractivity contribution in [2.45, 2.75) is 5.79 Å². The largest absolute Gasteiger partial charge is 0.497 e. The maximum Gasteiger partial charge on any atom is 0.291 e. The van der Waals surface area contributed by atoms with Crippen molar-refractivity contribution >= 4 is 12.2 Å². The summed E-state index contributed by atoms with van der Waals surface area (Å²) in [5.74, 6) is 2.20. The second-order valence-electron chi connectivity index (χ2n) is 5.40. The van der Waals surface area contributed by atoms with Crippen LogP contribution in [-0.2, 0) is 0 Å². The molecule has 4 nitrogen and oxygen atoms in total. The zero-order valence-corrected chi connectivity index (χ0v) is 12.9. The van der Waals surface area contributed by atoms with Crippen molar-refractivity contribution in [3.05, 3.63) is 59.7 Å². The average Bonchev–Trinajstić information content (AvgIpc) is 2.61. The van der Waals surface area contributed by atoms with E-state index in [4.69, 9.17) is 18.9 Å². The number of ether oxygens (including phenoxy) is 4. The summed E-state index contributed by atoms with van der Waals surface area (Å²) in [6.45, 7) is 0. The van der Waals surface area contributed by atoms with Gasteiger partial charge in [0.2, 0.25) is 0 Å².